The number of hydrogen-bond donors (Lipinski definition) is 1. The molecule has 1 aliphatic rings. The van der Waals surface area contributed by atoms with Crippen molar-refractivity contribution in [3.63, 3.8) is 0 Å². The Morgan fingerprint density at radius 1 is 1.07 bits per heavy atom. The summed E-state index contributed by atoms with van der Waals surface area (Å²) in [6, 6.07) is 8.88. The van der Waals surface area contributed by atoms with Crippen molar-refractivity contribution in [2.24, 2.45) is 0 Å². The second-order valence-corrected chi connectivity index (χ2v) is 7.47. The molecule has 0 bridgehead atoms. The molecule has 30 heavy (non-hydrogen) atoms. The van der Waals surface area contributed by atoms with E-state index in [1.54, 1.807) is 25.3 Å². The first-order chi connectivity index (χ1) is 14.4. The summed E-state index contributed by atoms with van der Waals surface area (Å²) in [4.78, 5) is 27.6. The van der Waals surface area contributed by atoms with E-state index in [-0.39, 0.29) is 18.3 Å². The monoisotopic (exact) mass is 414 g/mol. The highest BCUT2D eigenvalue weighted by Gasteiger charge is 2.51. The van der Waals surface area contributed by atoms with Crippen molar-refractivity contribution in [2.45, 2.75) is 45.2 Å². The van der Waals surface area contributed by atoms with Crippen LogP contribution in [0.1, 0.15) is 42.9 Å². The maximum Gasteiger partial charge on any atom is 0.325 e. The smallest absolute Gasteiger partial charge is 0.325 e. The van der Waals surface area contributed by atoms with Gasteiger partial charge in [-0.15, -0.1) is 0 Å². The van der Waals surface area contributed by atoms with E-state index in [0.29, 0.717) is 23.5 Å². The Bertz CT molecular complexity index is 945. The number of imide groups is 1. The molecule has 160 valence electrons. The average molecular weight is 414 g/mol. The van der Waals surface area contributed by atoms with Gasteiger partial charge in [0.05, 0.1) is 20.8 Å². The number of nitrogens with one attached hydrogen (secondary N) is 1. The van der Waals surface area contributed by atoms with Gasteiger partial charge in [-0.3, -0.25) is 9.69 Å². The summed E-state index contributed by atoms with van der Waals surface area (Å²) < 4.78 is 24.1. The van der Waals surface area contributed by atoms with Crippen LogP contribution in [0.15, 0.2) is 36.4 Å². The number of rotatable bonds is 8. The molecule has 1 aliphatic heterocycles. The molecule has 2 aromatic carbocycles. The van der Waals surface area contributed by atoms with Crippen molar-refractivity contribution in [2.75, 3.05) is 14.2 Å². The number of urea groups is 1. The Balaban J connectivity index is 1.97. The molecule has 0 aliphatic carbocycles. The van der Waals surface area contributed by atoms with Gasteiger partial charge in [0.1, 0.15) is 11.4 Å². The van der Waals surface area contributed by atoms with E-state index in [1.165, 1.54) is 24.1 Å². The van der Waals surface area contributed by atoms with Gasteiger partial charge in [0.2, 0.25) is 0 Å². The van der Waals surface area contributed by atoms with E-state index in [0.717, 1.165) is 24.0 Å². The van der Waals surface area contributed by atoms with E-state index < -0.39 is 11.6 Å². The number of nitrogens with zero attached hydrogens (tertiary/aromatic N) is 1. The molecule has 1 N–H and O–H groups in total. The molecule has 6 nitrogen and oxygen atoms in total. The van der Waals surface area contributed by atoms with Crippen LogP contribution >= 0.6 is 0 Å². The van der Waals surface area contributed by atoms with Crippen molar-refractivity contribution in [1.29, 1.82) is 0 Å². The third-order valence-electron chi connectivity index (χ3n) is 5.59. The molecule has 0 saturated carbocycles. The van der Waals surface area contributed by atoms with Gasteiger partial charge in [-0.2, -0.15) is 0 Å². The maximum atomic E-state index is 13.5. The SMILES string of the molecule is CCCC[C@@]1(c2ccc(F)cc2)NC(=O)N(Cc2cc(OC)c(OC)cc2C)C1=O. The number of carbonyl (C=O) groups is 2. The highest BCUT2D eigenvalue weighted by atomic mass is 19.1. The predicted molar refractivity (Wildman–Crippen MR) is 111 cm³/mol. The molecule has 1 fully saturated rings. The average Bonchev–Trinajstić information content (AvgIpc) is 2.98. The summed E-state index contributed by atoms with van der Waals surface area (Å²) in [6.07, 6.45) is 2.05. The number of amides is 3. The molecule has 0 spiro atoms. The lowest BCUT2D eigenvalue weighted by molar-refractivity contribution is -0.132. The molecule has 3 amide bonds. The predicted octanol–water partition coefficient (Wildman–Crippen LogP) is 4.29. The molecular weight excluding hydrogens is 387 g/mol. The molecule has 3 rings (SSSR count). The van der Waals surface area contributed by atoms with Crippen LogP contribution < -0.4 is 14.8 Å². The summed E-state index contributed by atoms with van der Waals surface area (Å²) in [7, 11) is 3.09. The number of halogens is 1. The van der Waals surface area contributed by atoms with Crippen LogP contribution in [0, 0.1) is 12.7 Å². The molecule has 1 atom stereocenters. The molecule has 0 aromatic heterocycles. The molecule has 2 aromatic rings. The molecule has 0 radical (unpaired) electrons. The largest absolute Gasteiger partial charge is 0.493 e. The fourth-order valence-corrected chi connectivity index (χ4v) is 3.82. The summed E-state index contributed by atoms with van der Waals surface area (Å²) in [5.74, 6) is 0.390. The number of aryl methyl sites for hydroxylation is 1. The van der Waals surface area contributed by atoms with Gasteiger partial charge < -0.3 is 14.8 Å². The molecule has 0 unspecified atom stereocenters. The minimum Gasteiger partial charge on any atom is -0.493 e. The quantitative estimate of drug-likeness (QED) is 0.655. The van der Waals surface area contributed by atoms with E-state index >= 15 is 0 Å². The first-order valence-corrected chi connectivity index (χ1v) is 9.98. The first kappa shape index (κ1) is 21.6. The van der Waals surface area contributed by atoms with E-state index in [9.17, 15) is 14.0 Å². The summed E-state index contributed by atoms with van der Waals surface area (Å²) in [5.41, 5.74) is 1.05. The van der Waals surface area contributed by atoms with Crippen molar-refractivity contribution >= 4 is 11.9 Å². The normalized spacial score (nSPS) is 18.5. The van der Waals surface area contributed by atoms with E-state index in [1.807, 2.05) is 19.9 Å². The Morgan fingerprint density at radius 3 is 2.30 bits per heavy atom. The van der Waals surface area contributed by atoms with Crippen molar-refractivity contribution in [3.8, 4) is 11.5 Å². The van der Waals surface area contributed by atoms with Crippen molar-refractivity contribution in [3.05, 3.63) is 58.9 Å². The van der Waals surface area contributed by atoms with Crippen LogP contribution in [-0.4, -0.2) is 31.1 Å². The Labute approximate surface area is 176 Å². The number of benzene rings is 2. The fourth-order valence-electron chi connectivity index (χ4n) is 3.82. The summed E-state index contributed by atoms with van der Waals surface area (Å²) in [6.45, 7) is 4.01. The standard InChI is InChI=1S/C23H27FN2O4/c1-5-6-11-23(17-7-9-18(24)10-8-17)21(27)26(22(28)25-23)14-16-13-20(30-4)19(29-3)12-15(16)2/h7-10,12-13H,5-6,11,14H2,1-4H3,(H,25,28)/t23-/m0/s1. The van der Waals surface area contributed by atoms with Gasteiger partial charge in [0.15, 0.2) is 11.5 Å². The van der Waals surface area contributed by atoms with E-state index in [2.05, 4.69) is 5.32 Å². The minimum atomic E-state index is -1.19. The fraction of sp³-hybridized carbons (Fsp3) is 0.391. The van der Waals surface area contributed by atoms with Crippen LogP contribution in [0.5, 0.6) is 11.5 Å². The topological polar surface area (TPSA) is 67.9 Å². The van der Waals surface area contributed by atoms with Crippen LogP contribution in [0.2, 0.25) is 0 Å². The Hall–Kier alpha value is -3.09. The Kier molecular flexibility index (Phi) is 6.29. The Morgan fingerprint density at radius 2 is 1.70 bits per heavy atom. The molecule has 7 heteroatoms. The highest BCUT2D eigenvalue weighted by molar-refractivity contribution is 6.07. The lowest BCUT2D eigenvalue weighted by Crippen LogP contribution is -2.44. The molecule has 1 saturated heterocycles. The van der Waals surface area contributed by atoms with Crippen LogP contribution in [-0.2, 0) is 16.9 Å². The zero-order valence-electron chi connectivity index (χ0n) is 17.8. The maximum absolute atomic E-state index is 13.5. The van der Waals surface area contributed by atoms with Crippen molar-refractivity contribution < 1.29 is 23.5 Å². The number of methoxy groups -OCH3 is 2. The second-order valence-electron chi connectivity index (χ2n) is 7.47. The zero-order valence-corrected chi connectivity index (χ0v) is 17.8. The van der Waals surface area contributed by atoms with Gasteiger partial charge in [-0.05, 0) is 54.3 Å². The van der Waals surface area contributed by atoms with Gasteiger partial charge in [0, 0.05) is 0 Å². The third kappa shape index (κ3) is 3.84. The molecular formula is C23H27FN2O4. The number of unbranched alkanes of at least 4 members (excludes halogenated alkanes) is 1. The van der Waals surface area contributed by atoms with Gasteiger partial charge >= 0.3 is 6.03 Å². The third-order valence-corrected chi connectivity index (χ3v) is 5.59. The number of ether oxygens (including phenoxy) is 2. The second kappa shape index (κ2) is 8.73. The summed E-state index contributed by atoms with van der Waals surface area (Å²) >= 11 is 0. The number of carbonyl (C=O) groups excluding carboxylic acids is 2. The zero-order chi connectivity index (χ0) is 21.9. The van der Waals surface area contributed by atoms with Crippen LogP contribution in [0.3, 0.4) is 0 Å². The van der Waals surface area contributed by atoms with Crippen molar-refractivity contribution in [1.82, 2.24) is 10.2 Å². The minimum absolute atomic E-state index is 0.103. The van der Waals surface area contributed by atoms with Crippen LogP contribution in [0.4, 0.5) is 9.18 Å². The van der Waals surface area contributed by atoms with Gasteiger partial charge in [-0.1, -0.05) is 31.9 Å². The van der Waals surface area contributed by atoms with Crippen LogP contribution in [0.25, 0.3) is 0 Å². The van der Waals surface area contributed by atoms with Gasteiger partial charge in [-0.25, -0.2) is 9.18 Å². The summed E-state index contributed by atoms with van der Waals surface area (Å²) in [5, 5.41) is 2.89. The van der Waals surface area contributed by atoms with Gasteiger partial charge in [0.25, 0.3) is 5.91 Å². The number of hydrogen-bond acceptors (Lipinski definition) is 4. The molecule has 1 heterocycles. The lowest BCUT2D eigenvalue weighted by Gasteiger charge is -2.27. The highest BCUT2D eigenvalue weighted by Crippen LogP contribution is 2.36. The lowest BCUT2D eigenvalue weighted by atomic mass is 9.84. The first-order valence-electron chi connectivity index (χ1n) is 9.98. The van der Waals surface area contributed by atoms with E-state index in [4.69, 9.17) is 9.47 Å².